The lowest BCUT2D eigenvalue weighted by atomic mass is 10.1. The fraction of sp³-hybridized carbons (Fsp3) is 0.333. The van der Waals surface area contributed by atoms with Gasteiger partial charge in [-0.15, -0.1) is 0 Å². The van der Waals surface area contributed by atoms with Gasteiger partial charge in [0.25, 0.3) is 10.0 Å². The van der Waals surface area contributed by atoms with Crippen molar-refractivity contribution in [1.29, 1.82) is 0 Å². The van der Waals surface area contributed by atoms with Crippen LogP contribution in [-0.4, -0.2) is 44.3 Å². The highest BCUT2D eigenvalue weighted by Gasteiger charge is 2.33. The third-order valence-corrected chi connectivity index (χ3v) is 9.00. The van der Waals surface area contributed by atoms with Crippen molar-refractivity contribution in [2.75, 3.05) is 17.4 Å². The highest BCUT2D eigenvalue weighted by atomic mass is 35.5. The second-order valence-corrected chi connectivity index (χ2v) is 12.8. The normalized spacial score (nSPS) is 12.2. The van der Waals surface area contributed by atoms with Gasteiger partial charge >= 0.3 is 0 Å². The van der Waals surface area contributed by atoms with Crippen LogP contribution in [0.1, 0.15) is 37.5 Å². The zero-order valence-electron chi connectivity index (χ0n) is 23.3. The van der Waals surface area contributed by atoms with Crippen molar-refractivity contribution in [3.05, 3.63) is 93.5 Å². The number of sulfonamides is 1. The summed E-state index contributed by atoms with van der Waals surface area (Å²) in [5, 5.41) is 3.53. The van der Waals surface area contributed by atoms with Crippen molar-refractivity contribution in [3.63, 3.8) is 0 Å². The van der Waals surface area contributed by atoms with E-state index in [9.17, 15) is 18.0 Å². The van der Waals surface area contributed by atoms with Gasteiger partial charge in [-0.3, -0.25) is 13.9 Å². The topological polar surface area (TPSA) is 86.8 Å². The van der Waals surface area contributed by atoms with E-state index in [1.165, 1.54) is 17.0 Å². The maximum Gasteiger partial charge on any atom is 0.264 e. The van der Waals surface area contributed by atoms with Crippen LogP contribution in [0.2, 0.25) is 10.0 Å². The monoisotopic (exact) mass is 603 g/mol. The van der Waals surface area contributed by atoms with Gasteiger partial charge in [-0.2, -0.15) is 0 Å². The molecule has 0 aliphatic carbocycles. The summed E-state index contributed by atoms with van der Waals surface area (Å²) < 4.78 is 29.0. The van der Waals surface area contributed by atoms with Crippen molar-refractivity contribution >= 4 is 50.7 Å². The van der Waals surface area contributed by atoms with Gasteiger partial charge in [0.1, 0.15) is 12.6 Å². The molecule has 0 aromatic heterocycles. The number of nitrogens with zero attached hydrogens (tertiary/aromatic N) is 2. The minimum Gasteiger partial charge on any atom is -0.354 e. The van der Waals surface area contributed by atoms with Crippen molar-refractivity contribution in [2.45, 2.75) is 52.1 Å². The minimum absolute atomic E-state index is 0.0533. The third-order valence-electron chi connectivity index (χ3n) is 6.51. The van der Waals surface area contributed by atoms with Crippen LogP contribution in [0.15, 0.2) is 71.6 Å². The second-order valence-electron chi connectivity index (χ2n) is 10.1. The van der Waals surface area contributed by atoms with Gasteiger partial charge in [-0.05, 0) is 62.6 Å². The van der Waals surface area contributed by atoms with Crippen LogP contribution in [0, 0.1) is 19.8 Å². The Kier molecular flexibility index (Phi) is 10.6. The number of carbonyl (C=O) groups is 2. The molecule has 0 aliphatic rings. The maximum atomic E-state index is 14.0. The van der Waals surface area contributed by atoms with Crippen molar-refractivity contribution in [3.8, 4) is 0 Å². The maximum absolute atomic E-state index is 14.0. The number of nitrogens with one attached hydrogen (secondary N) is 1. The number of benzene rings is 3. The van der Waals surface area contributed by atoms with Gasteiger partial charge in [0.2, 0.25) is 11.8 Å². The fourth-order valence-electron chi connectivity index (χ4n) is 4.08. The lowest BCUT2D eigenvalue weighted by molar-refractivity contribution is -0.139. The SMILES string of the molecule is Cc1ccc(S(=O)(=O)N(CC(=O)N(Cc2c(Cl)cccc2Cl)[C@@H](C)C(=O)NCC(C)C)c2ccccc2C)cc1. The summed E-state index contributed by atoms with van der Waals surface area (Å²) in [6, 6.07) is 17.4. The molecule has 0 unspecified atom stereocenters. The summed E-state index contributed by atoms with van der Waals surface area (Å²) in [4.78, 5) is 28.5. The molecule has 3 rings (SSSR count). The summed E-state index contributed by atoms with van der Waals surface area (Å²) in [6.07, 6.45) is 0. The Bertz CT molecular complexity index is 1440. The molecule has 10 heteroatoms. The zero-order chi connectivity index (χ0) is 29.6. The van der Waals surface area contributed by atoms with E-state index in [1.807, 2.05) is 20.8 Å². The number of hydrogen-bond acceptors (Lipinski definition) is 4. The van der Waals surface area contributed by atoms with Crippen LogP contribution in [-0.2, 0) is 26.2 Å². The molecule has 0 bridgehead atoms. The molecule has 0 spiro atoms. The number of amides is 2. The van der Waals surface area contributed by atoms with E-state index in [0.29, 0.717) is 33.4 Å². The van der Waals surface area contributed by atoms with E-state index in [-0.39, 0.29) is 23.3 Å². The Morgan fingerprint density at radius 3 is 2.05 bits per heavy atom. The molecular weight excluding hydrogens is 569 g/mol. The average Bonchev–Trinajstić information content (AvgIpc) is 2.90. The molecule has 3 aromatic rings. The highest BCUT2D eigenvalue weighted by molar-refractivity contribution is 7.92. The van der Waals surface area contributed by atoms with Crippen LogP contribution < -0.4 is 9.62 Å². The lowest BCUT2D eigenvalue weighted by Crippen LogP contribution is -2.51. The predicted molar refractivity (Wildman–Crippen MR) is 161 cm³/mol. The fourth-order valence-corrected chi connectivity index (χ4v) is 6.08. The molecule has 1 atom stereocenters. The third kappa shape index (κ3) is 7.56. The first-order valence-electron chi connectivity index (χ1n) is 13.0. The molecular formula is C30H35Cl2N3O4S. The first-order valence-corrected chi connectivity index (χ1v) is 15.2. The molecule has 214 valence electrons. The van der Waals surface area contributed by atoms with E-state index in [0.717, 1.165) is 9.87 Å². The van der Waals surface area contributed by atoms with Crippen molar-refractivity contribution in [1.82, 2.24) is 10.2 Å². The van der Waals surface area contributed by atoms with Crippen LogP contribution in [0.4, 0.5) is 5.69 Å². The summed E-state index contributed by atoms with van der Waals surface area (Å²) in [6.45, 7) is 8.98. The first kappa shape index (κ1) is 31.5. The second kappa shape index (κ2) is 13.5. The summed E-state index contributed by atoms with van der Waals surface area (Å²) in [7, 11) is -4.15. The molecule has 1 N–H and O–H groups in total. The van der Waals surface area contributed by atoms with Crippen molar-refractivity contribution < 1.29 is 18.0 Å². The quantitative estimate of drug-likeness (QED) is 0.291. The number of anilines is 1. The van der Waals surface area contributed by atoms with Crippen LogP contribution in [0.25, 0.3) is 0 Å². The smallest absolute Gasteiger partial charge is 0.264 e. The molecule has 0 aliphatic heterocycles. The van der Waals surface area contributed by atoms with Gasteiger partial charge in [0, 0.05) is 28.7 Å². The summed E-state index contributed by atoms with van der Waals surface area (Å²) in [5.41, 5.74) is 2.41. The van der Waals surface area contributed by atoms with E-state index in [1.54, 1.807) is 68.4 Å². The molecule has 0 saturated heterocycles. The Morgan fingerprint density at radius 2 is 1.48 bits per heavy atom. The van der Waals surface area contributed by atoms with Gasteiger partial charge in [0.15, 0.2) is 0 Å². The van der Waals surface area contributed by atoms with E-state index >= 15 is 0 Å². The number of halogens is 2. The number of para-hydroxylation sites is 1. The van der Waals surface area contributed by atoms with Gasteiger partial charge in [0.05, 0.1) is 10.6 Å². The molecule has 7 nitrogen and oxygen atoms in total. The predicted octanol–water partition coefficient (Wildman–Crippen LogP) is 6.00. The molecule has 2 amide bonds. The summed E-state index contributed by atoms with van der Waals surface area (Å²) >= 11 is 12.8. The summed E-state index contributed by atoms with van der Waals surface area (Å²) in [5.74, 6) is -0.745. The Morgan fingerprint density at radius 1 is 0.875 bits per heavy atom. The van der Waals surface area contributed by atoms with Gasteiger partial charge in [-0.1, -0.05) is 79.0 Å². The Balaban J connectivity index is 2.06. The minimum atomic E-state index is -4.15. The molecule has 0 heterocycles. The van der Waals surface area contributed by atoms with Gasteiger partial charge < -0.3 is 10.2 Å². The molecule has 40 heavy (non-hydrogen) atoms. The van der Waals surface area contributed by atoms with Crippen molar-refractivity contribution in [2.24, 2.45) is 5.92 Å². The van der Waals surface area contributed by atoms with E-state index in [2.05, 4.69) is 5.32 Å². The molecule has 0 radical (unpaired) electrons. The van der Waals surface area contributed by atoms with E-state index in [4.69, 9.17) is 23.2 Å². The Hall–Kier alpha value is -3.07. The number of carbonyl (C=O) groups excluding carboxylic acids is 2. The number of aryl methyl sites for hydroxylation is 2. The average molecular weight is 605 g/mol. The molecule has 0 fully saturated rings. The Labute approximate surface area is 247 Å². The first-order chi connectivity index (χ1) is 18.8. The van der Waals surface area contributed by atoms with Crippen LogP contribution in [0.3, 0.4) is 0 Å². The number of hydrogen-bond donors (Lipinski definition) is 1. The highest BCUT2D eigenvalue weighted by Crippen LogP contribution is 2.29. The lowest BCUT2D eigenvalue weighted by Gasteiger charge is -2.33. The van der Waals surface area contributed by atoms with Crippen LogP contribution in [0.5, 0.6) is 0 Å². The zero-order valence-corrected chi connectivity index (χ0v) is 25.6. The largest absolute Gasteiger partial charge is 0.354 e. The molecule has 3 aromatic carbocycles. The molecule has 0 saturated carbocycles. The van der Waals surface area contributed by atoms with Gasteiger partial charge in [-0.25, -0.2) is 8.42 Å². The van der Waals surface area contributed by atoms with Crippen LogP contribution >= 0.6 is 23.2 Å². The van der Waals surface area contributed by atoms with E-state index < -0.39 is 28.5 Å². The number of rotatable bonds is 11. The standard InChI is InChI=1S/C30H35Cl2N3O4S/c1-20(2)17-33-30(37)23(5)34(18-25-26(31)10-8-11-27(25)32)29(36)19-35(28-12-7-6-9-22(28)4)40(38,39)24-15-13-21(3)14-16-24/h6-16,20,23H,17-19H2,1-5H3,(H,33,37)/t23-/m0/s1.